The Balaban J connectivity index is 1.65. The van der Waals surface area contributed by atoms with Gasteiger partial charge in [0.1, 0.15) is 11.3 Å². The zero-order valence-electron chi connectivity index (χ0n) is 12.2. The molecule has 1 N–H and O–H groups in total. The molecule has 1 fully saturated rings. The summed E-state index contributed by atoms with van der Waals surface area (Å²) in [5, 5.41) is 4.73. The van der Waals surface area contributed by atoms with Crippen LogP contribution in [0.5, 0.6) is 0 Å². The topological polar surface area (TPSA) is 25.2 Å². The minimum atomic E-state index is 0.739. The molecule has 0 amide bonds. The zero-order chi connectivity index (χ0) is 14.2. The van der Waals surface area contributed by atoms with Crippen molar-refractivity contribution >= 4 is 11.0 Å². The fourth-order valence-electron chi connectivity index (χ4n) is 2.69. The molecule has 106 valence electrons. The highest BCUT2D eigenvalue weighted by Crippen LogP contribution is 2.29. The summed E-state index contributed by atoms with van der Waals surface area (Å²) in [7, 11) is 0. The van der Waals surface area contributed by atoms with E-state index in [-0.39, 0.29) is 0 Å². The van der Waals surface area contributed by atoms with Crippen LogP contribution in [0.3, 0.4) is 0 Å². The van der Waals surface area contributed by atoms with Gasteiger partial charge < -0.3 is 9.73 Å². The molecule has 0 atom stereocenters. The minimum absolute atomic E-state index is 0.739. The molecule has 1 saturated carbocycles. The zero-order valence-corrected chi connectivity index (χ0v) is 12.2. The summed E-state index contributed by atoms with van der Waals surface area (Å²) in [6.45, 7) is 3.05. The lowest BCUT2D eigenvalue weighted by atomic mass is 10.1. The van der Waals surface area contributed by atoms with Crippen LogP contribution in [-0.4, -0.2) is 6.04 Å². The van der Waals surface area contributed by atoms with E-state index >= 15 is 0 Å². The molecule has 0 aliphatic heterocycles. The number of rotatable bonds is 4. The van der Waals surface area contributed by atoms with Crippen LogP contribution >= 0.6 is 0 Å². The van der Waals surface area contributed by atoms with Crippen molar-refractivity contribution in [2.45, 2.75) is 32.4 Å². The average molecular weight is 277 g/mol. The summed E-state index contributed by atoms with van der Waals surface area (Å²) in [4.78, 5) is 0. The maximum Gasteiger partial charge on any atom is 0.135 e. The normalized spacial score (nSPS) is 14.7. The monoisotopic (exact) mass is 277 g/mol. The molecule has 0 bridgehead atoms. The van der Waals surface area contributed by atoms with Crippen molar-refractivity contribution in [3.63, 3.8) is 0 Å². The molecule has 1 aliphatic carbocycles. The molecular weight excluding hydrogens is 258 g/mol. The molecule has 2 nitrogen and oxygen atoms in total. The molecule has 1 heterocycles. The third-order valence-electron chi connectivity index (χ3n) is 4.06. The molecule has 21 heavy (non-hydrogen) atoms. The molecular formula is C19H19NO. The van der Waals surface area contributed by atoms with Gasteiger partial charge in [-0.15, -0.1) is 0 Å². The van der Waals surface area contributed by atoms with E-state index in [0.717, 1.165) is 29.5 Å². The fraction of sp³-hybridized carbons (Fsp3) is 0.263. The molecule has 0 radical (unpaired) electrons. The molecule has 0 unspecified atom stereocenters. The number of benzene rings is 2. The first-order valence-electron chi connectivity index (χ1n) is 7.61. The molecule has 3 aromatic rings. The van der Waals surface area contributed by atoms with Crippen LogP contribution in [0.4, 0.5) is 0 Å². The van der Waals surface area contributed by atoms with Crippen molar-refractivity contribution in [2.24, 2.45) is 0 Å². The quantitative estimate of drug-likeness (QED) is 0.750. The second-order valence-electron chi connectivity index (χ2n) is 6.01. The Hall–Kier alpha value is -2.06. The Labute approximate surface area is 124 Å². The van der Waals surface area contributed by atoms with E-state index in [1.54, 1.807) is 0 Å². The lowest BCUT2D eigenvalue weighted by Crippen LogP contribution is -2.15. The van der Waals surface area contributed by atoms with Gasteiger partial charge in [0.25, 0.3) is 0 Å². The van der Waals surface area contributed by atoms with Crippen LogP contribution in [0.1, 0.15) is 24.0 Å². The number of fused-ring (bicyclic) bond motifs is 1. The lowest BCUT2D eigenvalue weighted by Gasteiger charge is -2.04. The van der Waals surface area contributed by atoms with E-state index in [2.05, 4.69) is 54.7 Å². The molecule has 2 aromatic carbocycles. The van der Waals surface area contributed by atoms with Crippen molar-refractivity contribution in [3.05, 3.63) is 59.7 Å². The van der Waals surface area contributed by atoms with E-state index in [4.69, 9.17) is 4.42 Å². The van der Waals surface area contributed by atoms with E-state index in [0.29, 0.717) is 0 Å². The molecule has 0 spiro atoms. The average Bonchev–Trinajstić information content (AvgIpc) is 3.23. The molecule has 2 heteroatoms. The maximum absolute atomic E-state index is 5.98. The fourth-order valence-corrected chi connectivity index (χ4v) is 2.69. The Bertz CT molecular complexity index is 783. The first-order valence-corrected chi connectivity index (χ1v) is 7.61. The highest BCUT2D eigenvalue weighted by Gasteiger charge is 2.19. The first-order chi connectivity index (χ1) is 10.3. The third-order valence-corrected chi connectivity index (χ3v) is 4.06. The number of furan rings is 1. The predicted octanol–water partition coefficient (Wildman–Crippen LogP) is 4.66. The van der Waals surface area contributed by atoms with E-state index < -0.39 is 0 Å². The first kappa shape index (κ1) is 12.7. The lowest BCUT2D eigenvalue weighted by molar-refractivity contribution is 0.631. The van der Waals surface area contributed by atoms with Gasteiger partial charge in [-0.2, -0.15) is 0 Å². The third kappa shape index (κ3) is 2.72. The number of nitrogens with one attached hydrogen (secondary N) is 1. The van der Waals surface area contributed by atoms with Gasteiger partial charge in [-0.1, -0.05) is 29.8 Å². The van der Waals surface area contributed by atoms with Crippen molar-refractivity contribution in [3.8, 4) is 11.3 Å². The maximum atomic E-state index is 5.98. The van der Waals surface area contributed by atoms with Crippen LogP contribution in [0.2, 0.25) is 0 Å². The summed E-state index contributed by atoms with van der Waals surface area (Å²) in [5.41, 5.74) is 4.68. The Morgan fingerprint density at radius 1 is 1.10 bits per heavy atom. The molecule has 4 rings (SSSR count). The van der Waals surface area contributed by atoms with Crippen molar-refractivity contribution in [2.75, 3.05) is 0 Å². The number of aryl methyl sites for hydroxylation is 1. The van der Waals surface area contributed by atoms with Gasteiger partial charge in [0.05, 0.1) is 0 Å². The summed E-state index contributed by atoms with van der Waals surface area (Å²) >= 11 is 0. The van der Waals surface area contributed by atoms with Gasteiger partial charge in [-0.25, -0.2) is 0 Å². The summed E-state index contributed by atoms with van der Waals surface area (Å²) in [5.74, 6) is 0.948. The largest absolute Gasteiger partial charge is 0.456 e. The van der Waals surface area contributed by atoms with Gasteiger partial charge in [0.15, 0.2) is 0 Å². The van der Waals surface area contributed by atoms with Crippen LogP contribution in [0.25, 0.3) is 22.3 Å². The summed E-state index contributed by atoms with van der Waals surface area (Å²) < 4.78 is 5.98. The second-order valence-corrected chi connectivity index (χ2v) is 6.01. The Morgan fingerprint density at radius 3 is 2.86 bits per heavy atom. The summed E-state index contributed by atoms with van der Waals surface area (Å²) in [6.07, 6.45) is 2.64. The second kappa shape index (κ2) is 5.05. The molecule has 0 saturated heterocycles. The van der Waals surface area contributed by atoms with E-state index in [9.17, 15) is 0 Å². The van der Waals surface area contributed by atoms with Gasteiger partial charge in [0.2, 0.25) is 0 Å². The van der Waals surface area contributed by atoms with Gasteiger partial charge in [0, 0.05) is 23.5 Å². The number of hydrogen-bond acceptors (Lipinski definition) is 2. The van der Waals surface area contributed by atoms with Crippen molar-refractivity contribution in [1.82, 2.24) is 5.32 Å². The van der Waals surface area contributed by atoms with Crippen LogP contribution in [0.15, 0.2) is 52.9 Å². The SMILES string of the molecule is Cc1ccc2oc(-c3cccc(CNC4CC4)c3)cc2c1. The van der Waals surface area contributed by atoms with Crippen molar-refractivity contribution in [1.29, 1.82) is 0 Å². The van der Waals surface area contributed by atoms with Crippen LogP contribution < -0.4 is 5.32 Å². The minimum Gasteiger partial charge on any atom is -0.456 e. The van der Waals surface area contributed by atoms with Crippen LogP contribution in [0, 0.1) is 6.92 Å². The Morgan fingerprint density at radius 2 is 2.00 bits per heavy atom. The summed E-state index contributed by atoms with van der Waals surface area (Å²) in [6, 6.07) is 17.8. The highest BCUT2D eigenvalue weighted by molar-refractivity contribution is 5.83. The smallest absolute Gasteiger partial charge is 0.135 e. The Kier molecular flexibility index (Phi) is 3.04. The molecule has 1 aliphatic rings. The number of hydrogen-bond donors (Lipinski definition) is 1. The van der Waals surface area contributed by atoms with Gasteiger partial charge >= 0.3 is 0 Å². The van der Waals surface area contributed by atoms with Crippen LogP contribution in [-0.2, 0) is 6.54 Å². The highest BCUT2D eigenvalue weighted by atomic mass is 16.3. The van der Waals surface area contributed by atoms with Crippen molar-refractivity contribution < 1.29 is 4.42 Å². The predicted molar refractivity (Wildman–Crippen MR) is 86.2 cm³/mol. The van der Waals surface area contributed by atoms with E-state index in [1.165, 1.54) is 29.4 Å². The molecule has 1 aromatic heterocycles. The van der Waals surface area contributed by atoms with Gasteiger partial charge in [-0.05, 0) is 49.6 Å². The van der Waals surface area contributed by atoms with E-state index in [1.807, 2.05) is 6.07 Å². The standard InChI is InChI=1S/C19H19NO/c1-13-5-8-18-16(9-13)11-19(21-18)15-4-2-3-14(10-15)12-20-17-6-7-17/h2-5,8-11,17,20H,6-7,12H2,1H3. The van der Waals surface area contributed by atoms with Gasteiger partial charge in [-0.3, -0.25) is 0 Å².